The Morgan fingerprint density at radius 2 is 1.48 bits per heavy atom. The topological polar surface area (TPSA) is 86.8 Å². The van der Waals surface area contributed by atoms with Crippen molar-refractivity contribution in [3.05, 3.63) is 28.3 Å². The van der Waals surface area contributed by atoms with Crippen LogP contribution < -0.4 is 5.32 Å². The van der Waals surface area contributed by atoms with E-state index in [0.717, 1.165) is 35.1 Å². The molecule has 1 N–H and O–H groups in total. The third-order valence-corrected chi connectivity index (χ3v) is 7.70. The Morgan fingerprint density at radius 1 is 0.963 bits per heavy atom. The van der Waals surface area contributed by atoms with Crippen LogP contribution in [0.1, 0.15) is 35.1 Å². The van der Waals surface area contributed by atoms with Crippen molar-refractivity contribution in [2.75, 3.05) is 26.2 Å². The predicted molar refractivity (Wildman–Crippen MR) is 102 cm³/mol. The summed E-state index contributed by atoms with van der Waals surface area (Å²) in [5.74, 6) is -1.16. The van der Waals surface area contributed by atoms with Crippen LogP contribution in [0.2, 0.25) is 0 Å². The number of amides is 2. The lowest BCUT2D eigenvalue weighted by Crippen LogP contribution is -2.54. The van der Waals surface area contributed by atoms with Crippen LogP contribution in [0.25, 0.3) is 0 Å². The molecule has 0 atom stereocenters. The van der Waals surface area contributed by atoms with Crippen LogP contribution in [0.15, 0.2) is 11.0 Å². The fourth-order valence-electron chi connectivity index (χ4n) is 3.45. The highest BCUT2D eigenvalue weighted by atomic mass is 32.2. The van der Waals surface area contributed by atoms with Gasteiger partial charge in [-0.1, -0.05) is 6.07 Å². The summed E-state index contributed by atoms with van der Waals surface area (Å²) in [6.07, 6.45) is 1.83. The van der Waals surface area contributed by atoms with E-state index in [2.05, 4.69) is 5.32 Å². The van der Waals surface area contributed by atoms with E-state index in [1.54, 1.807) is 0 Å². The van der Waals surface area contributed by atoms with Gasteiger partial charge in [-0.25, -0.2) is 8.42 Å². The van der Waals surface area contributed by atoms with Crippen LogP contribution in [0.5, 0.6) is 0 Å². The number of carbonyl (C=O) groups excluding carboxylic acids is 2. The molecule has 0 unspecified atom stereocenters. The summed E-state index contributed by atoms with van der Waals surface area (Å²) in [5.41, 5.74) is 3.42. The molecule has 27 heavy (non-hydrogen) atoms. The van der Waals surface area contributed by atoms with Crippen molar-refractivity contribution >= 4 is 21.8 Å². The molecule has 1 saturated carbocycles. The van der Waals surface area contributed by atoms with E-state index >= 15 is 0 Å². The Bertz CT molecular complexity index is 856. The van der Waals surface area contributed by atoms with E-state index in [0.29, 0.717) is 4.90 Å². The Hall–Kier alpha value is -1.93. The van der Waals surface area contributed by atoms with E-state index in [1.165, 1.54) is 9.21 Å². The fraction of sp³-hybridized carbons (Fsp3) is 0.579. The summed E-state index contributed by atoms with van der Waals surface area (Å²) in [6.45, 7) is 8.31. The first-order valence-corrected chi connectivity index (χ1v) is 10.7. The van der Waals surface area contributed by atoms with Crippen molar-refractivity contribution in [3.8, 4) is 0 Å². The van der Waals surface area contributed by atoms with Gasteiger partial charge in [-0.05, 0) is 62.8 Å². The minimum Gasteiger partial charge on any atom is -0.345 e. The summed E-state index contributed by atoms with van der Waals surface area (Å²) in [7, 11) is -3.65. The Kier molecular flexibility index (Phi) is 5.31. The molecule has 148 valence electrons. The van der Waals surface area contributed by atoms with Crippen LogP contribution in [0.3, 0.4) is 0 Å². The second kappa shape index (κ2) is 7.24. The van der Waals surface area contributed by atoms with Crippen LogP contribution in [-0.4, -0.2) is 61.7 Å². The van der Waals surface area contributed by atoms with E-state index < -0.39 is 21.8 Å². The van der Waals surface area contributed by atoms with Crippen LogP contribution >= 0.6 is 0 Å². The van der Waals surface area contributed by atoms with Gasteiger partial charge >= 0.3 is 11.8 Å². The molecule has 2 fully saturated rings. The van der Waals surface area contributed by atoms with Crippen molar-refractivity contribution in [2.45, 2.75) is 51.5 Å². The van der Waals surface area contributed by atoms with Crippen LogP contribution in [0, 0.1) is 27.7 Å². The lowest BCUT2D eigenvalue weighted by atomic mass is 10.0. The van der Waals surface area contributed by atoms with Crippen molar-refractivity contribution < 1.29 is 18.0 Å². The molecule has 8 heteroatoms. The summed E-state index contributed by atoms with van der Waals surface area (Å²) >= 11 is 0. The van der Waals surface area contributed by atoms with E-state index in [1.807, 2.05) is 33.8 Å². The third-order valence-electron chi connectivity index (χ3n) is 5.53. The minimum absolute atomic E-state index is 0.124. The van der Waals surface area contributed by atoms with Gasteiger partial charge in [0.15, 0.2) is 0 Å². The van der Waals surface area contributed by atoms with E-state index in [4.69, 9.17) is 0 Å². The normalized spacial score (nSPS) is 18.4. The van der Waals surface area contributed by atoms with E-state index in [-0.39, 0.29) is 32.2 Å². The highest BCUT2D eigenvalue weighted by Crippen LogP contribution is 2.29. The number of hydrogen-bond acceptors (Lipinski definition) is 4. The summed E-state index contributed by atoms with van der Waals surface area (Å²) in [4.78, 5) is 26.0. The Morgan fingerprint density at radius 3 is 1.96 bits per heavy atom. The molecule has 2 amide bonds. The molecule has 1 aliphatic carbocycles. The standard InChI is InChI=1S/C19H27N3O4S/c1-12-11-13(2)15(4)17(14(12)3)27(25,26)22-9-7-21(8-10-22)19(24)18(23)20-16-5-6-16/h11,16H,5-10H2,1-4H3,(H,20,23). The van der Waals surface area contributed by atoms with E-state index in [9.17, 15) is 18.0 Å². The van der Waals surface area contributed by atoms with Gasteiger partial charge in [0.05, 0.1) is 4.90 Å². The molecule has 1 heterocycles. The number of carbonyl (C=O) groups is 2. The predicted octanol–water partition coefficient (Wildman–Crippen LogP) is 1.03. The number of nitrogens with one attached hydrogen (secondary N) is 1. The second-order valence-corrected chi connectivity index (χ2v) is 9.41. The maximum absolute atomic E-state index is 13.2. The molecule has 0 aromatic heterocycles. The van der Waals surface area contributed by atoms with Gasteiger partial charge in [0, 0.05) is 32.2 Å². The molecule has 1 aromatic carbocycles. The Labute approximate surface area is 160 Å². The molecular formula is C19H27N3O4S. The first-order chi connectivity index (χ1) is 12.6. The minimum atomic E-state index is -3.65. The quantitative estimate of drug-likeness (QED) is 0.777. The molecule has 3 rings (SSSR count). The summed E-state index contributed by atoms with van der Waals surface area (Å²) < 4.78 is 27.9. The number of nitrogens with zero attached hydrogens (tertiary/aromatic N) is 2. The number of benzene rings is 1. The van der Waals surface area contributed by atoms with Gasteiger partial charge in [-0.15, -0.1) is 0 Å². The number of rotatable bonds is 3. The third kappa shape index (κ3) is 3.87. The van der Waals surface area contributed by atoms with Crippen LogP contribution in [0.4, 0.5) is 0 Å². The van der Waals surface area contributed by atoms with Crippen molar-refractivity contribution in [2.24, 2.45) is 0 Å². The highest BCUT2D eigenvalue weighted by Gasteiger charge is 2.35. The number of piperazine rings is 1. The molecule has 0 bridgehead atoms. The zero-order chi connectivity index (χ0) is 19.9. The monoisotopic (exact) mass is 393 g/mol. The largest absolute Gasteiger partial charge is 0.345 e. The SMILES string of the molecule is Cc1cc(C)c(C)c(S(=O)(=O)N2CCN(C(=O)C(=O)NC3CC3)CC2)c1C. The average molecular weight is 394 g/mol. The Balaban J connectivity index is 1.74. The molecule has 0 spiro atoms. The van der Waals surface area contributed by atoms with Gasteiger partial charge in [0.25, 0.3) is 0 Å². The van der Waals surface area contributed by atoms with Gasteiger partial charge in [0.2, 0.25) is 10.0 Å². The molecule has 0 radical (unpaired) electrons. The number of aryl methyl sites for hydroxylation is 2. The second-order valence-electron chi connectivity index (χ2n) is 7.53. The fourth-order valence-corrected chi connectivity index (χ4v) is 5.44. The summed E-state index contributed by atoms with van der Waals surface area (Å²) in [6, 6.07) is 2.12. The molecular weight excluding hydrogens is 366 g/mol. The highest BCUT2D eigenvalue weighted by molar-refractivity contribution is 7.89. The molecule has 7 nitrogen and oxygen atoms in total. The van der Waals surface area contributed by atoms with Gasteiger partial charge in [-0.3, -0.25) is 9.59 Å². The van der Waals surface area contributed by atoms with Crippen molar-refractivity contribution in [3.63, 3.8) is 0 Å². The number of sulfonamides is 1. The molecule has 1 saturated heterocycles. The van der Waals surface area contributed by atoms with Gasteiger partial charge in [-0.2, -0.15) is 4.31 Å². The summed E-state index contributed by atoms with van der Waals surface area (Å²) in [5, 5.41) is 2.68. The zero-order valence-corrected chi connectivity index (χ0v) is 17.1. The smallest absolute Gasteiger partial charge is 0.311 e. The first-order valence-electron chi connectivity index (χ1n) is 9.30. The molecule has 1 aromatic rings. The molecule has 2 aliphatic rings. The lowest BCUT2D eigenvalue weighted by molar-refractivity contribution is -0.146. The number of hydrogen-bond donors (Lipinski definition) is 1. The lowest BCUT2D eigenvalue weighted by Gasteiger charge is -2.34. The van der Waals surface area contributed by atoms with Gasteiger partial charge in [0.1, 0.15) is 0 Å². The average Bonchev–Trinajstić information content (AvgIpc) is 3.43. The van der Waals surface area contributed by atoms with Crippen LogP contribution in [-0.2, 0) is 19.6 Å². The molecule has 1 aliphatic heterocycles. The van der Waals surface area contributed by atoms with Crippen molar-refractivity contribution in [1.82, 2.24) is 14.5 Å². The van der Waals surface area contributed by atoms with Gasteiger partial charge < -0.3 is 10.2 Å². The van der Waals surface area contributed by atoms with Crippen molar-refractivity contribution in [1.29, 1.82) is 0 Å². The first kappa shape index (κ1) is 19.8. The maximum Gasteiger partial charge on any atom is 0.311 e. The zero-order valence-electron chi connectivity index (χ0n) is 16.3. The maximum atomic E-state index is 13.2.